The number of hydrogen-bond acceptors (Lipinski definition) is 6. The molecule has 6 nitrogen and oxygen atoms in total. The van der Waals surface area contributed by atoms with Gasteiger partial charge in [0.25, 0.3) is 0 Å². The highest BCUT2D eigenvalue weighted by Gasteiger charge is 2.19. The fourth-order valence-corrected chi connectivity index (χ4v) is 9.12. The van der Waals surface area contributed by atoms with E-state index in [4.69, 9.17) is 14.2 Å². The molecule has 0 aromatic heterocycles. The third-order valence-electron chi connectivity index (χ3n) is 13.7. The van der Waals surface area contributed by atoms with Crippen LogP contribution in [0.1, 0.15) is 335 Å². The van der Waals surface area contributed by atoms with Gasteiger partial charge >= 0.3 is 17.9 Å². The maximum Gasteiger partial charge on any atom is 0.306 e. The molecule has 0 aromatic rings. The molecule has 0 amide bonds. The molecule has 0 aliphatic carbocycles. The van der Waals surface area contributed by atoms with Gasteiger partial charge in [0.15, 0.2) is 6.10 Å². The van der Waals surface area contributed by atoms with Crippen LogP contribution in [-0.4, -0.2) is 37.2 Å². The lowest BCUT2D eigenvalue weighted by Gasteiger charge is -2.18. The largest absolute Gasteiger partial charge is 0.462 e. The molecule has 0 saturated heterocycles. The Labute approximate surface area is 423 Å². The summed E-state index contributed by atoms with van der Waals surface area (Å²) in [6.07, 6.45) is 68.1. The summed E-state index contributed by atoms with van der Waals surface area (Å²) in [6, 6.07) is 0. The van der Waals surface area contributed by atoms with Crippen molar-refractivity contribution in [1.29, 1.82) is 0 Å². The number of hydrogen-bond donors (Lipinski definition) is 0. The summed E-state index contributed by atoms with van der Waals surface area (Å²) in [4.78, 5) is 37.8. The summed E-state index contributed by atoms with van der Waals surface area (Å²) in [7, 11) is 0. The Balaban J connectivity index is 3.94. The van der Waals surface area contributed by atoms with E-state index in [2.05, 4.69) is 45.1 Å². The van der Waals surface area contributed by atoms with Crippen molar-refractivity contribution in [3.63, 3.8) is 0 Å². The molecule has 400 valence electrons. The van der Waals surface area contributed by atoms with Crippen LogP contribution >= 0.6 is 0 Å². The maximum atomic E-state index is 12.8. The van der Waals surface area contributed by atoms with Gasteiger partial charge < -0.3 is 14.2 Å². The molecule has 6 heteroatoms. The van der Waals surface area contributed by atoms with Crippen molar-refractivity contribution in [2.45, 2.75) is 341 Å². The van der Waals surface area contributed by atoms with E-state index < -0.39 is 6.10 Å². The molecule has 68 heavy (non-hydrogen) atoms. The third kappa shape index (κ3) is 54.8. The Morgan fingerprint density at radius 2 is 0.529 bits per heavy atom. The van der Waals surface area contributed by atoms with Crippen LogP contribution in [0, 0.1) is 0 Å². The van der Waals surface area contributed by atoms with Crippen molar-refractivity contribution >= 4 is 17.9 Å². The number of esters is 3. The van der Waals surface area contributed by atoms with E-state index in [1.807, 2.05) is 0 Å². The predicted molar refractivity (Wildman–Crippen MR) is 293 cm³/mol. The first-order chi connectivity index (χ1) is 33.5. The Bertz CT molecular complexity index is 1100. The molecular weight excluding hydrogens is 841 g/mol. The van der Waals surface area contributed by atoms with Gasteiger partial charge in [0.2, 0.25) is 0 Å². The van der Waals surface area contributed by atoms with Gasteiger partial charge in [-0.25, -0.2) is 0 Å². The van der Waals surface area contributed by atoms with Crippen molar-refractivity contribution in [1.82, 2.24) is 0 Å². The van der Waals surface area contributed by atoms with Gasteiger partial charge in [0, 0.05) is 19.3 Å². The Hall–Kier alpha value is -2.11. The Morgan fingerprint density at radius 1 is 0.294 bits per heavy atom. The van der Waals surface area contributed by atoms with Crippen molar-refractivity contribution in [3.05, 3.63) is 24.3 Å². The monoisotopic (exact) mass is 957 g/mol. The number of carbonyl (C=O) groups is 3. The molecule has 0 heterocycles. The highest BCUT2D eigenvalue weighted by molar-refractivity contribution is 5.71. The van der Waals surface area contributed by atoms with Crippen LogP contribution in [-0.2, 0) is 28.6 Å². The van der Waals surface area contributed by atoms with E-state index in [0.29, 0.717) is 19.3 Å². The Morgan fingerprint density at radius 3 is 0.809 bits per heavy atom. The first-order valence-electron chi connectivity index (χ1n) is 30.3. The van der Waals surface area contributed by atoms with E-state index in [1.54, 1.807) is 0 Å². The fraction of sp³-hybridized carbons (Fsp3) is 0.887. The highest BCUT2D eigenvalue weighted by Crippen LogP contribution is 2.17. The number of ether oxygens (including phenoxy) is 3. The lowest BCUT2D eigenvalue weighted by Crippen LogP contribution is -2.30. The molecule has 0 aromatic carbocycles. The first-order valence-corrected chi connectivity index (χ1v) is 30.3. The van der Waals surface area contributed by atoms with Gasteiger partial charge in [0.1, 0.15) is 13.2 Å². The molecule has 1 atom stereocenters. The Kier molecular flexibility index (Phi) is 55.7. The van der Waals surface area contributed by atoms with Crippen molar-refractivity contribution in [2.24, 2.45) is 0 Å². The van der Waals surface area contributed by atoms with Gasteiger partial charge in [0.05, 0.1) is 0 Å². The minimum Gasteiger partial charge on any atom is -0.462 e. The zero-order valence-electron chi connectivity index (χ0n) is 45.9. The minimum absolute atomic E-state index is 0.0659. The van der Waals surface area contributed by atoms with Gasteiger partial charge in [-0.15, -0.1) is 0 Å². The van der Waals surface area contributed by atoms with E-state index in [0.717, 1.165) is 70.6 Å². The average Bonchev–Trinajstić information content (AvgIpc) is 3.34. The van der Waals surface area contributed by atoms with Crippen molar-refractivity contribution in [3.8, 4) is 0 Å². The van der Waals surface area contributed by atoms with E-state index >= 15 is 0 Å². The quantitative estimate of drug-likeness (QED) is 0.0262. The summed E-state index contributed by atoms with van der Waals surface area (Å²) in [5, 5.41) is 0. The summed E-state index contributed by atoms with van der Waals surface area (Å²) in [5.41, 5.74) is 0. The molecule has 0 saturated carbocycles. The zero-order valence-corrected chi connectivity index (χ0v) is 45.9. The van der Waals surface area contributed by atoms with Crippen LogP contribution in [0.3, 0.4) is 0 Å². The maximum absolute atomic E-state index is 12.8. The minimum atomic E-state index is -0.762. The first kappa shape index (κ1) is 65.9. The normalized spacial score (nSPS) is 12.1. The molecule has 1 unspecified atom stereocenters. The molecule has 0 radical (unpaired) electrons. The summed E-state index contributed by atoms with van der Waals surface area (Å²) < 4.78 is 16.7. The number of allylic oxidation sites excluding steroid dienone is 4. The van der Waals surface area contributed by atoms with Crippen LogP contribution in [0.2, 0.25) is 0 Å². The number of rotatable bonds is 56. The predicted octanol–water partition coefficient (Wildman–Crippen LogP) is 20.3. The lowest BCUT2D eigenvalue weighted by molar-refractivity contribution is -0.167. The summed E-state index contributed by atoms with van der Waals surface area (Å²) in [5.74, 6) is -0.859. The third-order valence-corrected chi connectivity index (χ3v) is 13.7. The second kappa shape index (κ2) is 57.5. The number of carbonyl (C=O) groups excluding carboxylic acids is 3. The SMILES string of the molecule is CCCCCCC/C=C\C/C=C\CCCCCCCCCCCCCCCCCCCC(=O)OCC(COC(=O)CCCCCCC)OC(=O)CCCCCCCCCCCCCCCCCC. The molecular formula is C62H116O6. The summed E-state index contributed by atoms with van der Waals surface area (Å²) in [6.45, 7) is 6.60. The standard InChI is InChI=1S/C62H116O6/c1-4-7-10-13-15-17-19-21-23-25-26-27-28-29-30-31-32-33-34-35-36-37-39-40-42-44-46-49-52-55-61(64)67-58-59(57-66-60(63)54-51-48-12-9-6-3)68-62(65)56-53-50-47-45-43-41-38-24-22-20-18-16-14-11-8-5-2/h19,21,25-26,59H,4-18,20,22-24,27-58H2,1-3H3/b21-19-,26-25-. The van der Waals surface area contributed by atoms with Gasteiger partial charge in [-0.05, 0) is 51.4 Å². The second-order valence-corrected chi connectivity index (χ2v) is 20.6. The molecule has 0 fully saturated rings. The highest BCUT2D eigenvalue weighted by atomic mass is 16.6. The van der Waals surface area contributed by atoms with Gasteiger partial charge in [-0.3, -0.25) is 14.4 Å². The zero-order chi connectivity index (χ0) is 49.3. The molecule has 0 aliphatic heterocycles. The molecule has 0 spiro atoms. The van der Waals surface area contributed by atoms with Crippen molar-refractivity contribution < 1.29 is 28.6 Å². The number of unbranched alkanes of at least 4 members (excludes halogenated alkanes) is 41. The topological polar surface area (TPSA) is 78.9 Å². The van der Waals surface area contributed by atoms with Crippen LogP contribution in [0.15, 0.2) is 24.3 Å². The second-order valence-electron chi connectivity index (χ2n) is 20.6. The fourth-order valence-electron chi connectivity index (χ4n) is 9.12. The molecule has 0 aliphatic rings. The lowest BCUT2D eigenvalue weighted by atomic mass is 10.0. The van der Waals surface area contributed by atoms with Gasteiger partial charge in [-0.1, -0.05) is 289 Å². The smallest absolute Gasteiger partial charge is 0.306 e. The average molecular weight is 958 g/mol. The van der Waals surface area contributed by atoms with Crippen molar-refractivity contribution in [2.75, 3.05) is 13.2 Å². The van der Waals surface area contributed by atoms with Gasteiger partial charge in [-0.2, -0.15) is 0 Å². The van der Waals surface area contributed by atoms with Crippen LogP contribution in [0.25, 0.3) is 0 Å². The summed E-state index contributed by atoms with van der Waals surface area (Å²) >= 11 is 0. The molecule has 0 bridgehead atoms. The van der Waals surface area contributed by atoms with E-state index in [1.165, 1.54) is 225 Å². The van der Waals surface area contributed by atoms with E-state index in [-0.39, 0.29) is 31.1 Å². The molecule has 0 rings (SSSR count). The van der Waals surface area contributed by atoms with E-state index in [9.17, 15) is 14.4 Å². The van der Waals surface area contributed by atoms with Crippen LogP contribution in [0.4, 0.5) is 0 Å². The van der Waals surface area contributed by atoms with Crippen LogP contribution in [0.5, 0.6) is 0 Å². The molecule has 0 N–H and O–H groups in total. The van der Waals surface area contributed by atoms with Crippen LogP contribution < -0.4 is 0 Å².